The van der Waals surface area contributed by atoms with E-state index in [0.29, 0.717) is 17.5 Å². The van der Waals surface area contributed by atoms with Gasteiger partial charge in [-0.15, -0.1) is 0 Å². The molecular weight excluding hydrogens is 530 g/mol. The molecule has 2 aromatic rings. The summed E-state index contributed by atoms with van der Waals surface area (Å²) in [6, 6.07) is 12.6. The van der Waals surface area contributed by atoms with Crippen LogP contribution in [0.5, 0.6) is 5.75 Å². The molecule has 1 saturated carbocycles. The highest BCUT2D eigenvalue weighted by Crippen LogP contribution is 2.37. The van der Waals surface area contributed by atoms with Crippen LogP contribution >= 0.6 is 0 Å². The normalized spacial score (nSPS) is 15.8. The summed E-state index contributed by atoms with van der Waals surface area (Å²) in [6.07, 6.45) is 4.97. The molecule has 230 valence electrons. The first-order chi connectivity index (χ1) is 19.7. The average molecular weight is 580 g/mol. The number of carbonyl (C=O) groups excluding carboxylic acids is 3. The Kier molecular flexibility index (Phi) is 11.0. The number of rotatable bonds is 10. The second kappa shape index (κ2) is 14.1. The van der Waals surface area contributed by atoms with Crippen LogP contribution in [0.4, 0.5) is 4.79 Å². The van der Waals surface area contributed by atoms with E-state index in [0.717, 1.165) is 37.7 Å². The predicted octanol–water partition coefficient (Wildman–Crippen LogP) is 6.34. The summed E-state index contributed by atoms with van der Waals surface area (Å²) in [5, 5.41) is 17.2. The molecule has 42 heavy (non-hydrogen) atoms. The fourth-order valence-electron chi connectivity index (χ4n) is 5.44. The minimum absolute atomic E-state index is 0.00222. The fourth-order valence-corrected chi connectivity index (χ4v) is 5.44. The topological polar surface area (TPSA) is 108 Å². The molecule has 1 fully saturated rings. The monoisotopic (exact) mass is 579 g/mol. The van der Waals surface area contributed by atoms with Crippen molar-refractivity contribution in [3.05, 3.63) is 65.2 Å². The Hall–Kier alpha value is -3.55. The van der Waals surface area contributed by atoms with Crippen LogP contribution in [0.3, 0.4) is 0 Å². The Morgan fingerprint density at radius 2 is 1.62 bits per heavy atom. The number of alkyl carbamates (subject to hydrolysis) is 1. The number of aromatic hydroxyl groups is 1. The second-order valence-corrected chi connectivity index (χ2v) is 13.0. The Balaban J connectivity index is 2.12. The molecule has 2 atom stereocenters. The molecule has 0 bridgehead atoms. The van der Waals surface area contributed by atoms with Crippen molar-refractivity contribution in [3.63, 3.8) is 0 Å². The molecule has 1 aliphatic rings. The molecule has 3 rings (SSSR count). The first kappa shape index (κ1) is 33.0. The molecule has 8 nitrogen and oxygen atoms in total. The summed E-state index contributed by atoms with van der Waals surface area (Å²) < 4.78 is 5.54. The molecule has 0 radical (unpaired) electrons. The molecule has 0 saturated heterocycles. The van der Waals surface area contributed by atoms with Gasteiger partial charge in [-0.25, -0.2) is 4.79 Å². The van der Waals surface area contributed by atoms with E-state index in [-0.39, 0.29) is 24.1 Å². The molecule has 0 aromatic heterocycles. The lowest BCUT2D eigenvalue weighted by molar-refractivity contribution is -0.149. The number of para-hydroxylation sites is 1. The minimum atomic E-state index is -1.12. The molecule has 0 heterocycles. The maximum Gasteiger partial charge on any atom is 0.408 e. The van der Waals surface area contributed by atoms with E-state index in [1.165, 1.54) is 0 Å². The molecule has 3 N–H and O–H groups in total. The summed E-state index contributed by atoms with van der Waals surface area (Å²) in [7, 11) is 0. The molecule has 8 heteroatoms. The highest BCUT2D eigenvalue weighted by atomic mass is 16.6. The van der Waals surface area contributed by atoms with Crippen molar-refractivity contribution < 1.29 is 24.2 Å². The van der Waals surface area contributed by atoms with Crippen LogP contribution in [0.25, 0.3) is 0 Å². The van der Waals surface area contributed by atoms with Crippen molar-refractivity contribution in [3.8, 4) is 5.75 Å². The maximum atomic E-state index is 14.8. The SMILES string of the molecule is CCC(C)(C)N(C(=O)C(Cc1ccccc1)NC(=O)OC(C)(C)C)C(C(=O)NC1CCCCC1)c1cccc(C)c1O. The number of aryl methyl sites for hydroxylation is 1. The largest absolute Gasteiger partial charge is 0.507 e. The molecule has 2 aromatic carbocycles. The van der Waals surface area contributed by atoms with E-state index in [1.54, 1.807) is 50.8 Å². The number of phenolic OH excluding ortho intramolecular Hbond substituents is 1. The lowest BCUT2D eigenvalue weighted by atomic mass is 9.89. The van der Waals surface area contributed by atoms with Crippen LogP contribution in [0.15, 0.2) is 48.5 Å². The third kappa shape index (κ3) is 8.73. The number of hydrogen-bond donors (Lipinski definition) is 3. The van der Waals surface area contributed by atoms with E-state index in [2.05, 4.69) is 10.6 Å². The Morgan fingerprint density at radius 3 is 2.21 bits per heavy atom. The second-order valence-electron chi connectivity index (χ2n) is 13.0. The average Bonchev–Trinajstić information content (AvgIpc) is 2.92. The van der Waals surface area contributed by atoms with Crippen LogP contribution in [0.1, 0.15) is 103 Å². The van der Waals surface area contributed by atoms with E-state index >= 15 is 0 Å². The Labute approximate surface area is 251 Å². The predicted molar refractivity (Wildman–Crippen MR) is 165 cm³/mol. The van der Waals surface area contributed by atoms with Crippen molar-refractivity contribution >= 4 is 17.9 Å². The van der Waals surface area contributed by atoms with E-state index < -0.39 is 35.2 Å². The molecule has 0 aliphatic heterocycles. The Morgan fingerprint density at radius 1 is 0.976 bits per heavy atom. The minimum Gasteiger partial charge on any atom is -0.507 e. The summed E-state index contributed by atoms with van der Waals surface area (Å²) in [5.41, 5.74) is 0.240. The number of ether oxygens (including phenoxy) is 1. The molecular formula is C34H49N3O5. The first-order valence-corrected chi connectivity index (χ1v) is 15.2. The highest BCUT2D eigenvalue weighted by molar-refractivity contribution is 5.93. The summed E-state index contributed by atoms with van der Waals surface area (Å²) in [4.78, 5) is 43.6. The van der Waals surface area contributed by atoms with E-state index in [1.807, 2.05) is 51.1 Å². The number of amides is 3. The quantitative estimate of drug-likeness (QED) is 0.304. The van der Waals surface area contributed by atoms with Gasteiger partial charge in [-0.2, -0.15) is 0 Å². The molecule has 3 amide bonds. The standard InChI is InChI=1S/C34H49N3O5/c1-8-34(6,7)37(31(40)27(22-24-17-11-9-12-18-24)36-32(41)42-33(3,4)5)28(26-21-15-16-23(2)29(26)38)30(39)35-25-19-13-10-14-20-25/h9,11-12,15-18,21,25,27-28,38H,8,10,13-14,19-20,22H2,1-7H3,(H,35,39)(H,36,41). The molecule has 1 aliphatic carbocycles. The maximum absolute atomic E-state index is 14.8. The lowest BCUT2D eigenvalue weighted by Gasteiger charge is -2.45. The summed E-state index contributed by atoms with van der Waals surface area (Å²) in [6.45, 7) is 12.8. The van der Waals surface area contributed by atoms with Gasteiger partial charge in [-0.1, -0.05) is 74.7 Å². The smallest absolute Gasteiger partial charge is 0.408 e. The van der Waals surface area contributed by atoms with Crippen LogP contribution < -0.4 is 10.6 Å². The summed E-state index contributed by atoms with van der Waals surface area (Å²) >= 11 is 0. The van der Waals surface area contributed by atoms with Crippen molar-refractivity contribution in [1.29, 1.82) is 0 Å². The number of hydrogen-bond acceptors (Lipinski definition) is 5. The third-order valence-electron chi connectivity index (χ3n) is 8.05. The van der Waals surface area contributed by atoms with Gasteiger partial charge in [0.2, 0.25) is 11.8 Å². The molecule has 2 unspecified atom stereocenters. The van der Waals surface area contributed by atoms with E-state index in [4.69, 9.17) is 4.74 Å². The van der Waals surface area contributed by atoms with Crippen LogP contribution in [0, 0.1) is 6.92 Å². The first-order valence-electron chi connectivity index (χ1n) is 15.2. The number of nitrogens with one attached hydrogen (secondary N) is 2. The van der Waals surface area contributed by atoms with Crippen molar-refractivity contribution in [2.45, 2.75) is 123 Å². The Bertz CT molecular complexity index is 1220. The van der Waals surface area contributed by atoms with Gasteiger partial charge in [0.1, 0.15) is 23.4 Å². The zero-order valence-electron chi connectivity index (χ0n) is 26.3. The fraction of sp³-hybridized carbons (Fsp3) is 0.559. The van der Waals surface area contributed by atoms with Gasteiger partial charge in [0.15, 0.2) is 0 Å². The zero-order chi connectivity index (χ0) is 31.1. The number of phenols is 1. The van der Waals surface area contributed by atoms with Crippen molar-refractivity contribution in [1.82, 2.24) is 15.5 Å². The van der Waals surface area contributed by atoms with Gasteiger partial charge < -0.3 is 25.4 Å². The van der Waals surface area contributed by atoms with Gasteiger partial charge in [0.25, 0.3) is 0 Å². The van der Waals surface area contributed by atoms with Crippen LogP contribution in [-0.2, 0) is 20.7 Å². The lowest BCUT2D eigenvalue weighted by Crippen LogP contribution is -2.60. The van der Waals surface area contributed by atoms with Crippen LogP contribution in [-0.4, -0.2) is 51.1 Å². The van der Waals surface area contributed by atoms with Crippen molar-refractivity contribution in [2.75, 3.05) is 0 Å². The number of benzene rings is 2. The van der Waals surface area contributed by atoms with Gasteiger partial charge in [-0.05, 0) is 71.9 Å². The third-order valence-corrected chi connectivity index (χ3v) is 8.05. The van der Waals surface area contributed by atoms with Gasteiger partial charge >= 0.3 is 6.09 Å². The zero-order valence-corrected chi connectivity index (χ0v) is 26.3. The molecule has 0 spiro atoms. The summed E-state index contributed by atoms with van der Waals surface area (Å²) in [5.74, 6) is -0.791. The number of carbonyl (C=O) groups is 3. The van der Waals surface area contributed by atoms with Gasteiger partial charge in [-0.3, -0.25) is 9.59 Å². The van der Waals surface area contributed by atoms with E-state index in [9.17, 15) is 19.5 Å². The van der Waals surface area contributed by atoms with Gasteiger partial charge in [0.05, 0.1) is 0 Å². The van der Waals surface area contributed by atoms with Crippen molar-refractivity contribution in [2.24, 2.45) is 0 Å². The highest BCUT2D eigenvalue weighted by Gasteiger charge is 2.44. The van der Waals surface area contributed by atoms with Crippen LogP contribution in [0.2, 0.25) is 0 Å². The van der Waals surface area contributed by atoms with Gasteiger partial charge in [0, 0.05) is 23.6 Å². The number of nitrogens with zero attached hydrogens (tertiary/aromatic N) is 1.